The van der Waals surface area contributed by atoms with Crippen molar-refractivity contribution >= 4 is 18.4 Å². The van der Waals surface area contributed by atoms with Gasteiger partial charge in [-0.2, -0.15) is 0 Å². The Hall–Kier alpha value is -0.320. The fraction of sp³-hybridized carbons (Fsp3) is 0.875. The van der Waals surface area contributed by atoms with E-state index in [1.165, 1.54) is 7.11 Å². The van der Waals surface area contributed by atoms with Gasteiger partial charge in [0.2, 0.25) is 0 Å². The molecule has 2 heterocycles. The van der Waals surface area contributed by atoms with Crippen molar-refractivity contribution in [2.24, 2.45) is 11.1 Å². The summed E-state index contributed by atoms with van der Waals surface area (Å²) in [5, 5.41) is 0. The quantitative estimate of drug-likeness (QED) is 0.619. The van der Waals surface area contributed by atoms with Crippen LogP contribution < -0.4 is 5.73 Å². The second-order valence-corrected chi connectivity index (χ2v) is 3.98. The Morgan fingerprint density at radius 2 is 2.08 bits per heavy atom. The molecule has 0 unspecified atom stereocenters. The zero-order valence-corrected chi connectivity index (χ0v) is 8.36. The van der Waals surface area contributed by atoms with Crippen molar-refractivity contribution in [2.45, 2.75) is 18.4 Å². The number of halogens is 1. The lowest BCUT2D eigenvalue weighted by molar-refractivity contribution is -0.192. The molecule has 3 aliphatic rings. The van der Waals surface area contributed by atoms with Crippen LogP contribution in [0.15, 0.2) is 0 Å². The highest BCUT2D eigenvalue weighted by Gasteiger charge is 2.61. The topological polar surface area (TPSA) is 61.5 Å². The van der Waals surface area contributed by atoms with Crippen molar-refractivity contribution in [2.75, 3.05) is 20.3 Å². The van der Waals surface area contributed by atoms with Crippen LogP contribution in [0, 0.1) is 5.41 Å². The number of methoxy groups -OCH3 is 1. The SMILES string of the molecule is COC(=O)C12COCC(N)(C1)C2.Cl. The summed E-state index contributed by atoms with van der Waals surface area (Å²) in [6.45, 7) is 1.05. The van der Waals surface area contributed by atoms with Crippen LogP contribution in [0.1, 0.15) is 12.8 Å². The normalized spacial score (nSPS) is 41.4. The van der Waals surface area contributed by atoms with Crippen molar-refractivity contribution in [3.05, 3.63) is 0 Å². The summed E-state index contributed by atoms with van der Waals surface area (Å²) in [7, 11) is 1.40. The zero-order chi connectivity index (χ0) is 8.82. The number of hydrogen-bond acceptors (Lipinski definition) is 4. The van der Waals surface area contributed by atoms with Gasteiger partial charge < -0.3 is 15.2 Å². The molecule has 0 amide bonds. The van der Waals surface area contributed by atoms with Gasteiger partial charge >= 0.3 is 5.97 Å². The summed E-state index contributed by atoms with van der Waals surface area (Å²) in [6, 6.07) is 0. The molecule has 2 N–H and O–H groups in total. The predicted octanol–water partition coefficient (Wildman–Crippen LogP) is 0.0891. The lowest BCUT2D eigenvalue weighted by Gasteiger charge is -2.56. The Bertz CT molecular complexity index is 225. The molecule has 3 fully saturated rings. The molecular weight excluding hydrogens is 194 g/mol. The molecule has 5 heteroatoms. The van der Waals surface area contributed by atoms with Gasteiger partial charge in [0.1, 0.15) is 0 Å². The average molecular weight is 208 g/mol. The molecule has 0 aromatic rings. The van der Waals surface area contributed by atoms with Crippen LogP contribution in [0.2, 0.25) is 0 Å². The van der Waals surface area contributed by atoms with Gasteiger partial charge in [-0.3, -0.25) is 4.79 Å². The Morgan fingerprint density at radius 3 is 2.54 bits per heavy atom. The third kappa shape index (κ3) is 1.43. The summed E-state index contributed by atoms with van der Waals surface area (Å²) >= 11 is 0. The van der Waals surface area contributed by atoms with Crippen LogP contribution in [0.3, 0.4) is 0 Å². The van der Waals surface area contributed by atoms with E-state index in [2.05, 4.69) is 0 Å². The number of carbonyl (C=O) groups excluding carboxylic acids is 1. The van der Waals surface area contributed by atoms with E-state index >= 15 is 0 Å². The Morgan fingerprint density at radius 1 is 1.46 bits per heavy atom. The smallest absolute Gasteiger partial charge is 0.314 e. The highest BCUT2D eigenvalue weighted by molar-refractivity contribution is 5.85. The van der Waals surface area contributed by atoms with Gasteiger partial charge in [0.05, 0.1) is 25.7 Å². The fourth-order valence-corrected chi connectivity index (χ4v) is 2.37. The van der Waals surface area contributed by atoms with Gasteiger partial charge in [0.15, 0.2) is 0 Å². The fourth-order valence-electron chi connectivity index (χ4n) is 2.37. The van der Waals surface area contributed by atoms with E-state index in [0.717, 1.165) is 0 Å². The zero-order valence-electron chi connectivity index (χ0n) is 7.54. The molecule has 4 nitrogen and oxygen atoms in total. The second kappa shape index (κ2) is 3.12. The molecule has 2 aliphatic heterocycles. The van der Waals surface area contributed by atoms with Crippen LogP contribution in [0.25, 0.3) is 0 Å². The van der Waals surface area contributed by atoms with E-state index in [-0.39, 0.29) is 23.9 Å². The van der Waals surface area contributed by atoms with Gasteiger partial charge in [-0.05, 0) is 12.8 Å². The third-order valence-electron chi connectivity index (χ3n) is 2.77. The maximum atomic E-state index is 11.3. The van der Waals surface area contributed by atoms with E-state index in [0.29, 0.717) is 26.1 Å². The van der Waals surface area contributed by atoms with Crippen LogP contribution in [-0.4, -0.2) is 31.8 Å². The Kier molecular flexibility index (Phi) is 2.58. The molecule has 0 aromatic heterocycles. The molecule has 0 aromatic carbocycles. The molecule has 13 heavy (non-hydrogen) atoms. The third-order valence-corrected chi connectivity index (χ3v) is 2.77. The van der Waals surface area contributed by atoms with Gasteiger partial charge in [-0.1, -0.05) is 0 Å². The van der Waals surface area contributed by atoms with E-state index < -0.39 is 5.41 Å². The van der Waals surface area contributed by atoms with Crippen molar-refractivity contribution < 1.29 is 14.3 Å². The number of ether oxygens (including phenoxy) is 2. The number of esters is 1. The predicted molar refractivity (Wildman–Crippen MR) is 48.7 cm³/mol. The van der Waals surface area contributed by atoms with Gasteiger partial charge in [-0.15, -0.1) is 12.4 Å². The molecule has 0 atom stereocenters. The lowest BCUT2D eigenvalue weighted by atomic mass is 9.56. The standard InChI is InChI=1S/C8H13NO3.ClH/c1-11-6(10)7-2-8(9,3-7)5-12-4-7;/h2-5,9H2,1H3;1H. The summed E-state index contributed by atoms with van der Waals surface area (Å²) in [5.74, 6) is -0.178. The molecule has 3 rings (SSSR count). The van der Waals surface area contributed by atoms with E-state index in [1.807, 2.05) is 0 Å². The minimum Gasteiger partial charge on any atom is -0.469 e. The number of rotatable bonds is 1. The molecule has 2 saturated heterocycles. The first-order chi connectivity index (χ1) is 5.60. The first kappa shape index (κ1) is 10.8. The van der Waals surface area contributed by atoms with Gasteiger partial charge in [0, 0.05) is 5.54 Å². The molecule has 76 valence electrons. The monoisotopic (exact) mass is 207 g/mol. The Balaban J connectivity index is 0.000000845. The van der Waals surface area contributed by atoms with E-state index in [4.69, 9.17) is 15.2 Å². The van der Waals surface area contributed by atoms with E-state index in [9.17, 15) is 4.79 Å². The molecule has 0 radical (unpaired) electrons. The van der Waals surface area contributed by atoms with Crippen LogP contribution in [-0.2, 0) is 14.3 Å². The first-order valence-corrected chi connectivity index (χ1v) is 4.05. The number of fused-ring (bicyclic) bond motifs is 2. The van der Waals surface area contributed by atoms with Crippen molar-refractivity contribution in [3.63, 3.8) is 0 Å². The minimum atomic E-state index is -0.415. The van der Waals surface area contributed by atoms with Crippen LogP contribution in [0.4, 0.5) is 0 Å². The number of carbonyl (C=O) groups is 1. The first-order valence-electron chi connectivity index (χ1n) is 4.05. The van der Waals surface area contributed by atoms with Crippen molar-refractivity contribution in [1.29, 1.82) is 0 Å². The van der Waals surface area contributed by atoms with Crippen LogP contribution in [0.5, 0.6) is 0 Å². The lowest BCUT2D eigenvalue weighted by Crippen LogP contribution is -2.69. The van der Waals surface area contributed by atoms with Crippen molar-refractivity contribution in [3.8, 4) is 0 Å². The van der Waals surface area contributed by atoms with Crippen LogP contribution >= 0.6 is 12.4 Å². The molecule has 1 aliphatic carbocycles. The maximum absolute atomic E-state index is 11.3. The highest BCUT2D eigenvalue weighted by atomic mass is 35.5. The molecule has 0 spiro atoms. The number of nitrogens with two attached hydrogens (primary N) is 1. The van der Waals surface area contributed by atoms with Gasteiger partial charge in [0.25, 0.3) is 0 Å². The summed E-state index contributed by atoms with van der Waals surface area (Å²) in [6.07, 6.45) is 1.43. The molecule has 2 bridgehead atoms. The Labute approximate surface area is 83.2 Å². The molecular formula is C8H14ClNO3. The highest BCUT2D eigenvalue weighted by Crippen LogP contribution is 2.51. The minimum absolute atomic E-state index is 0. The van der Waals surface area contributed by atoms with E-state index in [1.54, 1.807) is 0 Å². The van der Waals surface area contributed by atoms with Crippen molar-refractivity contribution in [1.82, 2.24) is 0 Å². The number of hydrogen-bond donors (Lipinski definition) is 1. The molecule has 1 saturated carbocycles. The summed E-state index contributed by atoms with van der Waals surface area (Å²) in [5.41, 5.74) is 5.22. The summed E-state index contributed by atoms with van der Waals surface area (Å²) in [4.78, 5) is 11.3. The largest absolute Gasteiger partial charge is 0.469 e. The summed E-state index contributed by atoms with van der Waals surface area (Å²) < 4.78 is 9.94. The van der Waals surface area contributed by atoms with Gasteiger partial charge in [-0.25, -0.2) is 0 Å². The average Bonchev–Trinajstić information content (AvgIpc) is 2.01. The second-order valence-electron chi connectivity index (χ2n) is 3.98. The maximum Gasteiger partial charge on any atom is 0.314 e.